The van der Waals surface area contributed by atoms with Crippen LogP contribution in [0.15, 0.2) is 30.5 Å². The molecule has 0 saturated carbocycles. The molecule has 0 aliphatic heterocycles. The van der Waals surface area contributed by atoms with E-state index < -0.39 is 0 Å². The number of nitrogens with one attached hydrogen (secondary N) is 1. The molecule has 0 aliphatic carbocycles. The summed E-state index contributed by atoms with van der Waals surface area (Å²) in [7, 11) is 2.04. The lowest BCUT2D eigenvalue weighted by Crippen LogP contribution is -2.22. The molecule has 0 unspecified atom stereocenters. The van der Waals surface area contributed by atoms with Crippen LogP contribution in [0, 0.1) is 6.92 Å². The third-order valence-corrected chi connectivity index (χ3v) is 3.00. The van der Waals surface area contributed by atoms with Crippen molar-refractivity contribution in [1.82, 2.24) is 15.0 Å². The van der Waals surface area contributed by atoms with Crippen molar-refractivity contribution in [3.63, 3.8) is 0 Å². The minimum Gasteiger partial charge on any atom is -0.359 e. The van der Waals surface area contributed by atoms with E-state index in [2.05, 4.69) is 25.2 Å². The molecule has 2 rings (SSSR count). The summed E-state index contributed by atoms with van der Waals surface area (Å²) in [6, 6.07) is 7.99. The number of hydrogen-bond donors (Lipinski definition) is 1. The highest BCUT2D eigenvalue weighted by molar-refractivity contribution is 5.44. The molecule has 0 saturated heterocycles. The molecule has 0 radical (unpaired) electrons. The summed E-state index contributed by atoms with van der Waals surface area (Å²) in [4.78, 5) is 15.3. The Kier molecular flexibility index (Phi) is 4.87. The summed E-state index contributed by atoms with van der Waals surface area (Å²) >= 11 is 0. The minimum absolute atomic E-state index is 0.687. The standard InChI is InChI=1S/C15H21N5/c1-4-16-15-18-12(2)11-14(19-15)20(3)10-8-13-7-5-6-9-17-13/h5-7,9,11H,4,8,10H2,1-3H3,(H,16,18,19). The third-order valence-electron chi connectivity index (χ3n) is 3.00. The molecule has 0 bridgehead atoms. The number of likely N-dealkylation sites (N-methyl/N-ethyl adjacent to an activating group) is 1. The predicted octanol–water partition coefficient (Wildman–Crippen LogP) is 2.29. The van der Waals surface area contributed by atoms with Gasteiger partial charge in [0.1, 0.15) is 5.82 Å². The summed E-state index contributed by atoms with van der Waals surface area (Å²) in [6.45, 7) is 5.72. The molecule has 0 amide bonds. The van der Waals surface area contributed by atoms with Crippen LogP contribution in [0.4, 0.5) is 11.8 Å². The van der Waals surface area contributed by atoms with E-state index >= 15 is 0 Å². The number of pyridine rings is 1. The summed E-state index contributed by atoms with van der Waals surface area (Å²) in [5, 5.41) is 3.16. The molecule has 1 N–H and O–H groups in total. The summed E-state index contributed by atoms with van der Waals surface area (Å²) in [6.07, 6.45) is 2.73. The maximum absolute atomic E-state index is 4.52. The van der Waals surface area contributed by atoms with Gasteiger partial charge in [0.2, 0.25) is 5.95 Å². The number of rotatable bonds is 6. The van der Waals surface area contributed by atoms with E-state index in [0.717, 1.165) is 36.7 Å². The Balaban J connectivity index is 2.03. The van der Waals surface area contributed by atoms with Gasteiger partial charge in [-0.2, -0.15) is 4.98 Å². The number of anilines is 2. The van der Waals surface area contributed by atoms with Gasteiger partial charge in [-0.1, -0.05) is 6.07 Å². The van der Waals surface area contributed by atoms with Gasteiger partial charge < -0.3 is 10.2 Å². The molecule has 0 aliphatic rings. The van der Waals surface area contributed by atoms with Crippen LogP contribution in [0.2, 0.25) is 0 Å². The van der Waals surface area contributed by atoms with Crippen LogP contribution in [0.25, 0.3) is 0 Å². The Morgan fingerprint density at radius 3 is 2.80 bits per heavy atom. The van der Waals surface area contributed by atoms with Gasteiger partial charge in [0, 0.05) is 50.2 Å². The number of aryl methyl sites for hydroxylation is 1. The van der Waals surface area contributed by atoms with Crippen LogP contribution >= 0.6 is 0 Å². The van der Waals surface area contributed by atoms with Crippen LogP contribution in [0.3, 0.4) is 0 Å². The van der Waals surface area contributed by atoms with E-state index in [9.17, 15) is 0 Å². The van der Waals surface area contributed by atoms with Gasteiger partial charge in [0.05, 0.1) is 0 Å². The van der Waals surface area contributed by atoms with Crippen molar-refractivity contribution in [2.45, 2.75) is 20.3 Å². The van der Waals surface area contributed by atoms with Gasteiger partial charge in [0.25, 0.3) is 0 Å². The maximum atomic E-state index is 4.52. The molecule has 5 heteroatoms. The van der Waals surface area contributed by atoms with Crippen molar-refractivity contribution in [3.8, 4) is 0 Å². The fraction of sp³-hybridized carbons (Fsp3) is 0.400. The quantitative estimate of drug-likeness (QED) is 0.873. The second-order valence-corrected chi connectivity index (χ2v) is 4.71. The third kappa shape index (κ3) is 3.91. The highest BCUT2D eigenvalue weighted by atomic mass is 15.2. The van der Waals surface area contributed by atoms with E-state index in [1.54, 1.807) is 0 Å². The molecule has 0 atom stereocenters. The van der Waals surface area contributed by atoms with Crippen molar-refractivity contribution in [3.05, 3.63) is 41.9 Å². The molecule has 5 nitrogen and oxygen atoms in total. The van der Waals surface area contributed by atoms with Crippen LogP contribution in [0.5, 0.6) is 0 Å². The molecule has 2 aromatic heterocycles. The fourth-order valence-corrected chi connectivity index (χ4v) is 1.93. The summed E-state index contributed by atoms with van der Waals surface area (Å²) in [5.74, 6) is 1.62. The van der Waals surface area contributed by atoms with E-state index in [1.165, 1.54) is 0 Å². The Morgan fingerprint density at radius 2 is 2.10 bits per heavy atom. The minimum atomic E-state index is 0.687. The van der Waals surface area contributed by atoms with Crippen molar-refractivity contribution in [2.75, 3.05) is 30.4 Å². The predicted molar refractivity (Wildman–Crippen MR) is 82.1 cm³/mol. The zero-order valence-electron chi connectivity index (χ0n) is 12.3. The van der Waals surface area contributed by atoms with Gasteiger partial charge in [-0.05, 0) is 26.0 Å². The zero-order chi connectivity index (χ0) is 14.4. The van der Waals surface area contributed by atoms with Gasteiger partial charge >= 0.3 is 0 Å². The van der Waals surface area contributed by atoms with Crippen LogP contribution in [-0.2, 0) is 6.42 Å². The summed E-state index contributed by atoms with van der Waals surface area (Å²) < 4.78 is 0. The van der Waals surface area contributed by atoms with Crippen molar-refractivity contribution in [2.24, 2.45) is 0 Å². The van der Waals surface area contributed by atoms with Crippen molar-refractivity contribution < 1.29 is 0 Å². The molecule has 2 heterocycles. The Bertz CT molecular complexity index is 541. The average Bonchev–Trinajstić information content (AvgIpc) is 2.45. The monoisotopic (exact) mass is 271 g/mol. The largest absolute Gasteiger partial charge is 0.359 e. The normalized spacial score (nSPS) is 10.3. The van der Waals surface area contributed by atoms with Gasteiger partial charge in [-0.3, -0.25) is 4.98 Å². The van der Waals surface area contributed by atoms with E-state index in [1.807, 2.05) is 51.4 Å². The molecule has 2 aromatic rings. The highest BCUT2D eigenvalue weighted by Gasteiger charge is 2.07. The van der Waals surface area contributed by atoms with Crippen molar-refractivity contribution in [1.29, 1.82) is 0 Å². The first-order valence-electron chi connectivity index (χ1n) is 6.89. The maximum Gasteiger partial charge on any atom is 0.224 e. The van der Waals surface area contributed by atoms with Gasteiger partial charge in [-0.15, -0.1) is 0 Å². The first-order chi connectivity index (χ1) is 9.69. The molecular formula is C15H21N5. The Morgan fingerprint density at radius 1 is 1.25 bits per heavy atom. The number of aromatic nitrogens is 3. The second-order valence-electron chi connectivity index (χ2n) is 4.71. The molecular weight excluding hydrogens is 250 g/mol. The van der Waals surface area contributed by atoms with E-state index in [4.69, 9.17) is 0 Å². The Hall–Kier alpha value is -2.17. The number of nitrogens with zero attached hydrogens (tertiary/aromatic N) is 4. The van der Waals surface area contributed by atoms with Crippen LogP contribution in [-0.4, -0.2) is 35.1 Å². The van der Waals surface area contributed by atoms with Gasteiger partial charge in [0.15, 0.2) is 0 Å². The topological polar surface area (TPSA) is 53.9 Å². The lowest BCUT2D eigenvalue weighted by molar-refractivity contribution is 0.834. The SMILES string of the molecule is CCNc1nc(C)cc(N(C)CCc2ccccn2)n1. The van der Waals surface area contributed by atoms with Gasteiger partial charge in [-0.25, -0.2) is 4.98 Å². The molecule has 0 spiro atoms. The first kappa shape index (κ1) is 14.2. The molecule has 0 fully saturated rings. The number of hydrogen-bond acceptors (Lipinski definition) is 5. The van der Waals surface area contributed by atoms with E-state index in [0.29, 0.717) is 5.95 Å². The molecule has 0 aromatic carbocycles. The lowest BCUT2D eigenvalue weighted by atomic mass is 10.2. The van der Waals surface area contributed by atoms with Crippen molar-refractivity contribution >= 4 is 11.8 Å². The van der Waals surface area contributed by atoms with Crippen LogP contribution < -0.4 is 10.2 Å². The van der Waals surface area contributed by atoms with Crippen LogP contribution in [0.1, 0.15) is 18.3 Å². The summed E-state index contributed by atoms with van der Waals surface area (Å²) in [5.41, 5.74) is 2.06. The van der Waals surface area contributed by atoms with E-state index in [-0.39, 0.29) is 0 Å². The first-order valence-corrected chi connectivity index (χ1v) is 6.89. The Labute approximate surface area is 120 Å². The molecule has 106 valence electrons. The second kappa shape index (κ2) is 6.84. The fourth-order valence-electron chi connectivity index (χ4n) is 1.93. The highest BCUT2D eigenvalue weighted by Crippen LogP contribution is 2.13. The lowest BCUT2D eigenvalue weighted by Gasteiger charge is -2.19. The smallest absolute Gasteiger partial charge is 0.224 e. The zero-order valence-corrected chi connectivity index (χ0v) is 12.3. The average molecular weight is 271 g/mol. The molecule has 20 heavy (non-hydrogen) atoms.